The Bertz CT molecular complexity index is 483. The van der Waals surface area contributed by atoms with E-state index in [2.05, 4.69) is 9.47 Å². The zero-order valence-electron chi connectivity index (χ0n) is 10.4. The molecule has 0 bridgehead atoms. The van der Waals surface area contributed by atoms with Gasteiger partial charge in [0.15, 0.2) is 0 Å². The highest BCUT2D eigenvalue weighted by molar-refractivity contribution is 6.11. The fourth-order valence-electron chi connectivity index (χ4n) is 1.58. The molecule has 0 saturated carbocycles. The molecule has 0 atom stereocenters. The fraction of sp³-hybridized carbons (Fsp3) is 0.273. The predicted molar refractivity (Wildman–Crippen MR) is 67.1 cm³/mol. The van der Waals surface area contributed by atoms with Crippen LogP contribution in [0.1, 0.15) is 26.3 Å². The van der Waals surface area contributed by atoms with Crippen LogP contribution in [0.2, 0.25) is 0 Å². The molecule has 0 aromatic heterocycles. The number of nitrogen functional groups attached to an aromatic ring is 3. The first-order valence-electron chi connectivity index (χ1n) is 5.00. The summed E-state index contributed by atoms with van der Waals surface area (Å²) in [6.45, 7) is 1.57. The molecule has 6 N–H and O–H groups in total. The third-order valence-corrected chi connectivity index (χ3v) is 2.66. The van der Waals surface area contributed by atoms with Gasteiger partial charge in [0.1, 0.15) is 11.1 Å². The Morgan fingerprint density at radius 3 is 1.44 bits per heavy atom. The first-order valence-corrected chi connectivity index (χ1v) is 5.00. The van der Waals surface area contributed by atoms with Gasteiger partial charge >= 0.3 is 11.9 Å². The van der Waals surface area contributed by atoms with Crippen molar-refractivity contribution < 1.29 is 19.1 Å². The van der Waals surface area contributed by atoms with Crippen molar-refractivity contribution in [1.82, 2.24) is 0 Å². The molecule has 1 rings (SSSR count). The highest BCUT2D eigenvalue weighted by atomic mass is 16.5. The summed E-state index contributed by atoms with van der Waals surface area (Å²) in [7, 11) is 2.37. The Hall–Kier alpha value is -2.44. The highest BCUT2D eigenvalue weighted by Gasteiger charge is 2.26. The molecule has 98 valence electrons. The number of benzene rings is 1. The van der Waals surface area contributed by atoms with E-state index >= 15 is 0 Å². The second kappa shape index (κ2) is 4.82. The lowest BCUT2D eigenvalue weighted by Crippen LogP contribution is -2.18. The van der Waals surface area contributed by atoms with Crippen LogP contribution in [0, 0.1) is 6.92 Å². The quantitative estimate of drug-likeness (QED) is 0.510. The number of ether oxygens (including phenoxy) is 2. The summed E-state index contributed by atoms with van der Waals surface area (Å²) in [5.41, 5.74) is 17.5. The van der Waals surface area contributed by atoms with Gasteiger partial charge in [-0.2, -0.15) is 0 Å². The van der Waals surface area contributed by atoms with Gasteiger partial charge in [-0.1, -0.05) is 0 Å². The predicted octanol–water partition coefficient (Wildman–Crippen LogP) is 0.315. The van der Waals surface area contributed by atoms with Gasteiger partial charge in [0.25, 0.3) is 0 Å². The summed E-state index contributed by atoms with van der Waals surface area (Å²) in [5.74, 6) is -1.48. The molecule has 0 aliphatic heterocycles. The van der Waals surface area contributed by atoms with Crippen molar-refractivity contribution in [3.8, 4) is 0 Å². The number of anilines is 3. The van der Waals surface area contributed by atoms with Crippen molar-refractivity contribution in [3.63, 3.8) is 0 Å². The maximum Gasteiger partial charge on any atom is 0.342 e. The van der Waals surface area contributed by atoms with Gasteiger partial charge in [-0.15, -0.1) is 0 Å². The van der Waals surface area contributed by atoms with E-state index in [0.717, 1.165) is 0 Å². The summed E-state index contributed by atoms with van der Waals surface area (Å²) in [6.07, 6.45) is 0. The zero-order valence-corrected chi connectivity index (χ0v) is 10.4. The van der Waals surface area contributed by atoms with Crippen LogP contribution in [0.15, 0.2) is 0 Å². The number of esters is 2. The van der Waals surface area contributed by atoms with Crippen LogP contribution in [-0.2, 0) is 9.47 Å². The minimum atomic E-state index is -0.738. The van der Waals surface area contributed by atoms with Gasteiger partial charge in [-0.05, 0) is 12.5 Å². The minimum absolute atomic E-state index is 0.0791. The Morgan fingerprint density at radius 1 is 0.833 bits per heavy atom. The van der Waals surface area contributed by atoms with Crippen LogP contribution in [0.3, 0.4) is 0 Å². The number of carbonyl (C=O) groups is 2. The van der Waals surface area contributed by atoms with Gasteiger partial charge in [0.2, 0.25) is 0 Å². The van der Waals surface area contributed by atoms with Crippen molar-refractivity contribution in [3.05, 3.63) is 16.7 Å². The molecular weight excluding hydrogens is 238 g/mol. The van der Waals surface area contributed by atoms with Crippen molar-refractivity contribution in [2.24, 2.45) is 0 Å². The molecule has 0 unspecified atom stereocenters. The first kappa shape index (κ1) is 13.6. The largest absolute Gasteiger partial charge is 0.465 e. The topological polar surface area (TPSA) is 131 Å². The maximum absolute atomic E-state index is 11.6. The number of rotatable bonds is 2. The van der Waals surface area contributed by atoms with Crippen LogP contribution in [0.5, 0.6) is 0 Å². The van der Waals surface area contributed by atoms with Gasteiger partial charge in [0, 0.05) is 0 Å². The van der Waals surface area contributed by atoms with E-state index in [-0.39, 0.29) is 28.2 Å². The van der Waals surface area contributed by atoms with Crippen molar-refractivity contribution >= 4 is 29.0 Å². The number of nitrogens with two attached hydrogens (primary N) is 3. The van der Waals surface area contributed by atoms with Crippen LogP contribution in [0.25, 0.3) is 0 Å². The second-order valence-electron chi connectivity index (χ2n) is 3.60. The summed E-state index contributed by atoms with van der Waals surface area (Å²) < 4.78 is 9.14. The molecule has 7 nitrogen and oxygen atoms in total. The second-order valence-corrected chi connectivity index (χ2v) is 3.60. The molecule has 0 aliphatic rings. The van der Waals surface area contributed by atoms with Crippen LogP contribution in [-0.4, -0.2) is 26.2 Å². The Labute approximate surface area is 104 Å². The monoisotopic (exact) mass is 253 g/mol. The molecule has 1 aromatic rings. The number of methoxy groups -OCH3 is 2. The van der Waals surface area contributed by atoms with Crippen molar-refractivity contribution in [2.45, 2.75) is 6.92 Å². The normalized spacial score (nSPS) is 9.94. The lowest BCUT2D eigenvalue weighted by molar-refractivity contribution is 0.0603. The third-order valence-electron chi connectivity index (χ3n) is 2.66. The summed E-state index contributed by atoms with van der Waals surface area (Å²) in [6, 6.07) is 0. The van der Waals surface area contributed by atoms with Crippen LogP contribution < -0.4 is 17.2 Å². The van der Waals surface area contributed by atoms with E-state index in [0.29, 0.717) is 5.56 Å². The summed E-state index contributed by atoms with van der Waals surface area (Å²) in [5, 5.41) is 0. The Morgan fingerprint density at radius 2 is 1.17 bits per heavy atom. The number of hydrogen-bond donors (Lipinski definition) is 3. The molecule has 0 amide bonds. The third kappa shape index (κ3) is 1.90. The summed E-state index contributed by atoms with van der Waals surface area (Å²) >= 11 is 0. The highest BCUT2D eigenvalue weighted by Crippen LogP contribution is 2.34. The minimum Gasteiger partial charge on any atom is -0.465 e. The molecule has 18 heavy (non-hydrogen) atoms. The van der Waals surface area contributed by atoms with Crippen molar-refractivity contribution in [2.75, 3.05) is 31.4 Å². The number of carbonyl (C=O) groups excluding carboxylic acids is 2. The van der Waals surface area contributed by atoms with Crippen molar-refractivity contribution in [1.29, 1.82) is 0 Å². The number of hydrogen-bond acceptors (Lipinski definition) is 7. The van der Waals surface area contributed by atoms with E-state index in [9.17, 15) is 9.59 Å². The smallest absolute Gasteiger partial charge is 0.342 e. The van der Waals surface area contributed by atoms with E-state index < -0.39 is 11.9 Å². The van der Waals surface area contributed by atoms with E-state index in [4.69, 9.17) is 17.2 Å². The average molecular weight is 253 g/mol. The van der Waals surface area contributed by atoms with E-state index in [1.807, 2.05) is 0 Å². The molecule has 0 saturated heterocycles. The molecular formula is C11H15N3O4. The van der Waals surface area contributed by atoms with Gasteiger partial charge < -0.3 is 26.7 Å². The lowest BCUT2D eigenvalue weighted by atomic mass is 9.98. The lowest BCUT2D eigenvalue weighted by Gasteiger charge is -2.16. The fourth-order valence-corrected chi connectivity index (χ4v) is 1.58. The van der Waals surface area contributed by atoms with E-state index in [1.165, 1.54) is 14.2 Å². The van der Waals surface area contributed by atoms with Crippen LogP contribution in [0.4, 0.5) is 17.1 Å². The van der Waals surface area contributed by atoms with Gasteiger partial charge in [-0.3, -0.25) is 0 Å². The van der Waals surface area contributed by atoms with Gasteiger partial charge in [0.05, 0.1) is 31.3 Å². The van der Waals surface area contributed by atoms with E-state index in [1.54, 1.807) is 6.92 Å². The molecule has 7 heteroatoms. The Balaban J connectivity index is 3.70. The molecule has 1 aromatic carbocycles. The van der Waals surface area contributed by atoms with Gasteiger partial charge in [-0.25, -0.2) is 9.59 Å². The van der Waals surface area contributed by atoms with Crippen LogP contribution >= 0.6 is 0 Å². The molecule has 0 radical (unpaired) electrons. The molecule has 0 heterocycles. The SMILES string of the molecule is COC(=O)c1c(N)c(C)c(N)c(C(=O)OC)c1N. The first-order chi connectivity index (χ1) is 8.36. The maximum atomic E-state index is 11.6. The summed E-state index contributed by atoms with van der Waals surface area (Å²) in [4.78, 5) is 23.2. The Kier molecular flexibility index (Phi) is 3.65. The molecule has 0 fully saturated rings. The molecule has 0 aliphatic carbocycles. The average Bonchev–Trinajstić information content (AvgIpc) is 2.35. The molecule has 0 spiro atoms. The standard InChI is InChI=1S/C11H15N3O4/c1-4-7(12)5(10(15)17-2)9(14)6(8(4)13)11(16)18-3/h12-14H2,1-3H3. The zero-order chi connectivity index (χ0) is 14.0.